The summed E-state index contributed by atoms with van der Waals surface area (Å²) in [5.41, 5.74) is -1.90. The maximum atomic E-state index is 12.9. The number of halogens is 1. The van der Waals surface area contributed by atoms with Crippen LogP contribution < -0.4 is 0 Å². The van der Waals surface area contributed by atoms with Gasteiger partial charge in [-0.2, -0.15) is 0 Å². The number of Topliss-reactive ketones (excluding diaryl/α,β-unsaturated/α-hetero) is 2. The van der Waals surface area contributed by atoms with E-state index in [1.165, 1.54) is 32.6 Å². The van der Waals surface area contributed by atoms with E-state index in [4.69, 9.17) is 9.47 Å². The number of esters is 2. The van der Waals surface area contributed by atoms with Crippen LogP contribution in [0.25, 0.3) is 0 Å². The zero-order valence-electron chi connectivity index (χ0n) is 18.2. The molecule has 0 spiro atoms. The second-order valence-electron chi connectivity index (χ2n) is 7.18. The van der Waals surface area contributed by atoms with E-state index in [0.717, 1.165) is 24.6 Å². The highest BCUT2D eigenvalue weighted by molar-refractivity contribution is 9.09. The Kier molecular flexibility index (Phi) is 15.8. The van der Waals surface area contributed by atoms with E-state index in [2.05, 4.69) is 15.9 Å². The molecule has 168 valence electrons. The molecule has 0 aromatic heterocycles. The fraction of sp³-hybridized carbons (Fsp3) is 0.818. The SMILES string of the molecule is CCOC(=O)CCC(C(C)=O)(C(=O)CCCCCCCCCCBr)C(=O)OCC. The number of alkyl halides is 1. The molecule has 0 saturated carbocycles. The topological polar surface area (TPSA) is 86.7 Å². The molecule has 0 aromatic carbocycles. The molecular weight excluding hydrogens is 440 g/mol. The van der Waals surface area contributed by atoms with Gasteiger partial charge in [-0.25, -0.2) is 0 Å². The molecule has 0 radical (unpaired) electrons. The molecule has 0 rings (SSSR count). The van der Waals surface area contributed by atoms with Crippen molar-refractivity contribution in [2.24, 2.45) is 5.41 Å². The van der Waals surface area contributed by atoms with E-state index < -0.39 is 28.9 Å². The summed E-state index contributed by atoms with van der Waals surface area (Å²) >= 11 is 3.42. The Balaban J connectivity index is 4.77. The van der Waals surface area contributed by atoms with Crippen molar-refractivity contribution < 1.29 is 28.7 Å². The molecular formula is C22H37BrO6. The number of ketones is 2. The number of ether oxygens (including phenoxy) is 2. The zero-order chi connectivity index (χ0) is 22.1. The maximum absolute atomic E-state index is 12.9. The van der Waals surface area contributed by atoms with Crippen LogP contribution in [0.15, 0.2) is 0 Å². The second-order valence-corrected chi connectivity index (χ2v) is 7.97. The van der Waals surface area contributed by atoms with Crippen LogP contribution in [0.1, 0.15) is 91.4 Å². The molecule has 0 aliphatic heterocycles. The number of hydrogen-bond donors (Lipinski definition) is 0. The number of carbonyl (C=O) groups excluding carboxylic acids is 4. The number of rotatable bonds is 18. The lowest BCUT2D eigenvalue weighted by Gasteiger charge is -2.27. The summed E-state index contributed by atoms with van der Waals surface area (Å²) in [4.78, 5) is 49.6. The predicted molar refractivity (Wildman–Crippen MR) is 116 cm³/mol. The Bertz CT molecular complexity index is 519. The largest absolute Gasteiger partial charge is 0.466 e. The number of unbranched alkanes of at least 4 members (excludes halogenated alkanes) is 7. The van der Waals surface area contributed by atoms with Gasteiger partial charge in [0.25, 0.3) is 0 Å². The van der Waals surface area contributed by atoms with Crippen molar-refractivity contribution in [3.8, 4) is 0 Å². The van der Waals surface area contributed by atoms with E-state index in [1.54, 1.807) is 13.8 Å². The van der Waals surface area contributed by atoms with E-state index in [-0.39, 0.29) is 32.5 Å². The van der Waals surface area contributed by atoms with Crippen molar-refractivity contribution in [3.63, 3.8) is 0 Å². The third-order valence-electron chi connectivity index (χ3n) is 5.00. The van der Waals surface area contributed by atoms with Gasteiger partial charge in [0.05, 0.1) is 13.2 Å². The van der Waals surface area contributed by atoms with Gasteiger partial charge in [0.15, 0.2) is 17.0 Å². The minimum atomic E-state index is -1.90. The highest BCUT2D eigenvalue weighted by atomic mass is 79.9. The lowest BCUT2D eigenvalue weighted by Crippen LogP contribution is -2.47. The minimum absolute atomic E-state index is 0.0651. The normalized spacial score (nSPS) is 12.8. The molecule has 0 saturated heterocycles. The van der Waals surface area contributed by atoms with Crippen LogP contribution >= 0.6 is 15.9 Å². The van der Waals surface area contributed by atoms with Gasteiger partial charge in [0.2, 0.25) is 0 Å². The van der Waals surface area contributed by atoms with Gasteiger partial charge in [-0.05, 0) is 40.0 Å². The first kappa shape index (κ1) is 27.8. The zero-order valence-corrected chi connectivity index (χ0v) is 19.8. The molecule has 1 unspecified atom stereocenters. The quantitative estimate of drug-likeness (QED) is 0.120. The lowest BCUT2D eigenvalue weighted by molar-refractivity contribution is -0.164. The van der Waals surface area contributed by atoms with Gasteiger partial charge in [-0.3, -0.25) is 19.2 Å². The third kappa shape index (κ3) is 10.4. The highest BCUT2D eigenvalue weighted by Gasteiger charge is 2.50. The average Bonchev–Trinajstić information content (AvgIpc) is 2.67. The Labute approximate surface area is 183 Å². The van der Waals surface area contributed by atoms with Gasteiger partial charge in [-0.15, -0.1) is 0 Å². The molecule has 0 fully saturated rings. The first-order valence-corrected chi connectivity index (χ1v) is 11.9. The second kappa shape index (κ2) is 16.5. The molecule has 6 nitrogen and oxygen atoms in total. The summed E-state index contributed by atoms with van der Waals surface area (Å²) in [5.74, 6) is -2.41. The molecule has 0 N–H and O–H groups in total. The van der Waals surface area contributed by atoms with Crippen molar-refractivity contribution in [2.75, 3.05) is 18.5 Å². The summed E-state index contributed by atoms with van der Waals surface area (Å²) < 4.78 is 9.92. The van der Waals surface area contributed by atoms with E-state index in [1.807, 2.05) is 0 Å². The summed E-state index contributed by atoms with van der Waals surface area (Å²) in [6, 6.07) is 0. The predicted octanol–water partition coefficient (Wildman–Crippen LogP) is 4.94. The minimum Gasteiger partial charge on any atom is -0.466 e. The van der Waals surface area contributed by atoms with Crippen LogP contribution in [0.3, 0.4) is 0 Å². The summed E-state index contributed by atoms with van der Waals surface area (Å²) in [6.07, 6.45) is 8.21. The van der Waals surface area contributed by atoms with Crippen molar-refractivity contribution in [1.82, 2.24) is 0 Å². The molecule has 0 bridgehead atoms. The van der Waals surface area contributed by atoms with Gasteiger partial charge in [-0.1, -0.05) is 54.5 Å². The van der Waals surface area contributed by atoms with Crippen LogP contribution in [0.4, 0.5) is 0 Å². The van der Waals surface area contributed by atoms with E-state index >= 15 is 0 Å². The van der Waals surface area contributed by atoms with Crippen LogP contribution in [0, 0.1) is 5.41 Å². The van der Waals surface area contributed by atoms with Gasteiger partial charge < -0.3 is 9.47 Å². The maximum Gasteiger partial charge on any atom is 0.327 e. The lowest BCUT2D eigenvalue weighted by atomic mass is 9.74. The summed E-state index contributed by atoms with van der Waals surface area (Å²) in [5, 5.41) is 1.05. The fourth-order valence-corrected chi connectivity index (χ4v) is 3.70. The molecule has 29 heavy (non-hydrogen) atoms. The van der Waals surface area contributed by atoms with Crippen LogP contribution in [-0.4, -0.2) is 42.0 Å². The molecule has 0 aliphatic rings. The van der Waals surface area contributed by atoms with Gasteiger partial charge >= 0.3 is 11.9 Å². The Morgan fingerprint density at radius 2 is 1.28 bits per heavy atom. The van der Waals surface area contributed by atoms with Crippen LogP contribution in [0.5, 0.6) is 0 Å². The molecule has 0 amide bonds. The van der Waals surface area contributed by atoms with Crippen molar-refractivity contribution in [1.29, 1.82) is 0 Å². The average molecular weight is 477 g/mol. The van der Waals surface area contributed by atoms with Gasteiger partial charge in [0, 0.05) is 18.2 Å². The first-order chi connectivity index (χ1) is 13.9. The Morgan fingerprint density at radius 3 is 1.76 bits per heavy atom. The van der Waals surface area contributed by atoms with Crippen LogP contribution in [-0.2, 0) is 28.7 Å². The fourth-order valence-electron chi connectivity index (χ4n) is 3.30. The van der Waals surface area contributed by atoms with Crippen molar-refractivity contribution >= 4 is 39.4 Å². The van der Waals surface area contributed by atoms with Gasteiger partial charge in [0.1, 0.15) is 0 Å². The standard InChI is InChI=1S/C22H37BrO6/c1-4-28-20(26)15-16-22(18(3)24,21(27)29-5-2)19(25)14-12-10-8-6-7-9-11-13-17-23/h4-17H2,1-3H3. The summed E-state index contributed by atoms with van der Waals surface area (Å²) in [7, 11) is 0. The smallest absolute Gasteiger partial charge is 0.327 e. The molecule has 7 heteroatoms. The van der Waals surface area contributed by atoms with E-state index in [9.17, 15) is 19.2 Å². The molecule has 0 heterocycles. The van der Waals surface area contributed by atoms with Crippen molar-refractivity contribution in [2.45, 2.75) is 91.4 Å². The Morgan fingerprint density at radius 1 is 0.759 bits per heavy atom. The highest BCUT2D eigenvalue weighted by Crippen LogP contribution is 2.31. The number of carbonyl (C=O) groups is 4. The first-order valence-electron chi connectivity index (χ1n) is 10.8. The summed E-state index contributed by atoms with van der Waals surface area (Å²) in [6.45, 7) is 4.78. The number of hydrogen-bond acceptors (Lipinski definition) is 6. The monoisotopic (exact) mass is 476 g/mol. The van der Waals surface area contributed by atoms with E-state index in [0.29, 0.717) is 6.42 Å². The molecule has 0 aliphatic carbocycles. The molecule has 0 aromatic rings. The van der Waals surface area contributed by atoms with Crippen molar-refractivity contribution in [3.05, 3.63) is 0 Å². The Hall–Kier alpha value is -1.24. The molecule has 1 atom stereocenters. The van der Waals surface area contributed by atoms with Crippen LogP contribution in [0.2, 0.25) is 0 Å². The third-order valence-corrected chi connectivity index (χ3v) is 5.56.